The van der Waals surface area contributed by atoms with Gasteiger partial charge in [-0.1, -0.05) is 13.0 Å². The number of nitrogens with one attached hydrogen (secondary N) is 1. The Kier molecular flexibility index (Phi) is 4.85. The number of methoxy groups -OCH3 is 1. The fraction of sp³-hybridized carbons (Fsp3) is 0.250. The summed E-state index contributed by atoms with van der Waals surface area (Å²) in [5.41, 5.74) is 1.29. The highest BCUT2D eigenvalue weighted by Crippen LogP contribution is 2.31. The lowest BCUT2D eigenvalue weighted by atomic mass is 9.98. The maximum atomic E-state index is 14.0. The van der Waals surface area contributed by atoms with E-state index in [1.54, 1.807) is 18.2 Å². The molecule has 5 heteroatoms. The molecule has 0 saturated heterocycles. The third kappa shape index (κ3) is 3.19. The third-order valence-corrected chi connectivity index (χ3v) is 3.20. The monoisotopic (exact) mass is 295 g/mol. The van der Waals surface area contributed by atoms with E-state index in [0.29, 0.717) is 17.9 Å². The number of rotatable bonds is 5. The maximum absolute atomic E-state index is 14.0. The van der Waals surface area contributed by atoms with Gasteiger partial charge in [0.05, 0.1) is 7.11 Å². The van der Waals surface area contributed by atoms with Gasteiger partial charge in [-0.05, 0) is 41.9 Å². The second-order valence-corrected chi connectivity index (χ2v) is 4.53. The number of hydrogen-bond donors (Lipinski definition) is 1. The predicted molar refractivity (Wildman–Crippen MR) is 75.7 cm³/mol. The van der Waals surface area contributed by atoms with E-state index in [9.17, 15) is 13.2 Å². The molecule has 0 aromatic heterocycles. The van der Waals surface area contributed by atoms with Crippen molar-refractivity contribution in [3.8, 4) is 16.9 Å². The van der Waals surface area contributed by atoms with Crippen LogP contribution in [0.2, 0.25) is 0 Å². The zero-order chi connectivity index (χ0) is 15.4. The van der Waals surface area contributed by atoms with Crippen LogP contribution in [0, 0.1) is 17.5 Å². The lowest BCUT2D eigenvalue weighted by Gasteiger charge is -2.13. The number of benzene rings is 2. The number of hydrogen-bond acceptors (Lipinski definition) is 2. The fourth-order valence-corrected chi connectivity index (χ4v) is 2.10. The van der Waals surface area contributed by atoms with Crippen molar-refractivity contribution in [1.29, 1.82) is 0 Å². The van der Waals surface area contributed by atoms with Crippen LogP contribution in [0.4, 0.5) is 13.2 Å². The van der Waals surface area contributed by atoms with E-state index >= 15 is 0 Å². The Morgan fingerprint density at radius 1 is 1.00 bits per heavy atom. The first-order chi connectivity index (χ1) is 10.1. The summed E-state index contributed by atoms with van der Waals surface area (Å²) in [5.74, 6) is -3.22. The molecular formula is C16H16F3NO. The van der Waals surface area contributed by atoms with Crippen LogP contribution in [0.3, 0.4) is 0 Å². The highest BCUT2D eigenvalue weighted by molar-refractivity contribution is 5.69. The number of halogens is 3. The third-order valence-electron chi connectivity index (χ3n) is 3.20. The van der Waals surface area contributed by atoms with Gasteiger partial charge < -0.3 is 10.1 Å². The zero-order valence-electron chi connectivity index (χ0n) is 11.8. The molecule has 0 amide bonds. The van der Waals surface area contributed by atoms with Crippen molar-refractivity contribution < 1.29 is 17.9 Å². The van der Waals surface area contributed by atoms with Crippen molar-refractivity contribution in [2.45, 2.75) is 13.5 Å². The van der Waals surface area contributed by atoms with Crippen LogP contribution in [0.1, 0.15) is 12.5 Å². The van der Waals surface area contributed by atoms with E-state index in [1.807, 2.05) is 6.92 Å². The fourth-order valence-electron chi connectivity index (χ4n) is 2.10. The summed E-state index contributed by atoms with van der Waals surface area (Å²) in [5, 5.41) is 3.13. The molecule has 112 valence electrons. The first-order valence-corrected chi connectivity index (χ1v) is 6.60. The molecule has 0 aliphatic heterocycles. The summed E-state index contributed by atoms with van der Waals surface area (Å²) in [6.45, 7) is 3.15. The van der Waals surface area contributed by atoms with E-state index in [1.165, 1.54) is 13.2 Å². The van der Waals surface area contributed by atoms with Gasteiger partial charge in [0.25, 0.3) is 0 Å². The first-order valence-electron chi connectivity index (χ1n) is 6.60. The normalized spacial score (nSPS) is 10.7. The molecule has 0 radical (unpaired) electrons. The van der Waals surface area contributed by atoms with Gasteiger partial charge in [-0.2, -0.15) is 0 Å². The standard InChI is InChI=1S/C16H16F3NO/c1-3-20-9-10-8-11(21-2)4-5-12(10)13-6-7-14(17)16(19)15(13)18/h4-8,20H,3,9H2,1-2H3. The first kappa shape index (κ1) is 15.4. The zero-order valence-corrected chi connectivity index (χ0v) is 11.8. The van der Waals surface area contributed by atoms with Crippen LogP contribution in [0.25, 0.3) is 11.1 Å². The summed E-state index contributed by atoms with van der Waals surface area (Å²) in [6, 6.07) is 7.21. The molecule has 2 rings (SSSR count). The molecule has 2 aromatic rings. The minimum atomic E-state index is -1.46. The predicted octanol–water partition coefficient (Wildman–Crippen LogP) is 3.89. The molecule has 0 fully saturated rings. The molecule has 0 saturated carbocycles. The smallest absolute Gasteiger partial charge is 0.195 e. The van der Waals surface area contributed by atoms with Gasteiger partial charge in [0, 0.05) is 12.1 Å². The Bertz CT molecular complexity index is 644. The van der Waals surface area contributed by atoms with E-state index < -0.39 is 17.5 Å². The Labute approximate surface area is 121 Å². The molecule has 2 nitrogen and oxygen atoms in total. The molecule has 0 bridgehead atoms. The summed E-state index contributed by atoms with van der Waals surface area (Å²) in [6.07, 6.45) is 0. The van der Waals surface area contributed by atoms with Crippen molar-refractivity contribution in [3.05, 3.63) is 53.3 Å². The van der Waals surface area contributed by atoms with Crippen LogP contribution in [-0.2, 0) is 6.54 Å². The molecule has 0 aliphatic rings. The molecule has 21 heavy (non-hydrogen) atoms. The van der Waals surface area contributed by atoms with Crippen LogP contribution < -0.4 is 10.1 Å². The lowest BCUT2D eigenvalue weighted by molar-refractivity contribution is 0.414. The highest BCUT2D eigenvalue weighted by Gasteiger charge is 2.17. The summed E-state index contributed by atoms with van der Waals surface area (Å²) < 4.78 is 45.6. The number of ether oxygens (including phenoxy) is 1. The van der Waals surface area contributed by atoms with Crippen LogP contribution >= 0.6 is 0 Å². The molecule has 0 atom stereocenters. The minimum Gasteiger partial charge on any atom is -0.497 e. The van der Waals surface area contributed by atoms with Gasteiger partial charge in [0.2, 0.25) is 0 Å². The van der Waals surface area contributed by atoms with E-state index in [2.05, 4.69) is 5.32 Å². The Morgan fingerprint density at radius 2 is 1.71 bits per heavy atom. The van der Waals surface area contributed by atoms with Gasteiger partial charge in [-0.25, -0.2) is 13.2 Å². The summed E-state index contributed by atoms with van der Waals surface area (Å²) in [7, 11) is 1.53. The Balaban J connectivity index is 2.54. The van der Waals surface area contributed by atoms with Gasteiger partial charge in [-0.3, -0.25) is 0 Å². The molecule has 0 unspecified atom stereocenters. The van der Waals surface area contributed by atoms with Crippen molar-refractivity contribution in [2.75, 3.05) is 13.7 Å². The average Bonchev–Trinajstić information content (AvgIpc) is 2.51. The Hall–Kier alpha value is -2.01. The van der Waals surface area contributed by atoms with Crippen LogP contribution in [0.15, 0.2) is 30.3 Å². The molecule has 0 spiro atoms. The summed E-state index contributed by atoms with van der Waals surface area (Å²) >= 11 is 0. The topological polar surface area (TPSA) is 21.3 Å². The van der Waals surface area contributed by atoms with Gasteiger partial charge in [0.15, 0.2) is 17.5 Å². The van der Waals surface area contributed by atoms with Crippen LogP contribution in [-0.4, -0.2) is 13.7 Å². The van der Waals surface area contributed by atoms with Gasteiger partial charge >= 0.3 is 0 Å². The minimum absolute atomic E-state index is 0.0319. The van der Waals surface area contributed by atoms with E-state index in [4.69, 9.17) is 4.74 Å². The molecule has 0 heterocycles. The van der Waals surface area contributed by atoms with Crippen LogP contribution in [0.5, 0.6) is 5.75 Å². The highest BCUT2D eigenvalue weighted by atomic mass is 19.2. The Morgan fingerprint density at radius 3 is 2.38 bits per heavy atom. The van der Waals surface area contributed by atoms with Gasteiger partial charge in [0.1, 0.15) is 5.75 Å². The maximum Gasteiger partial charge on any atom is 0.195 e. The molecule has 2 aromatic carbocycles. The van der Waals surface area contributed by atoms with Crippen molar-refractivity contribution >= 4 is 0 Å². The SMILES string of the molecule is CCNCc1cc(OC)ccc1-c1ccc(F)c(F)c1F. The average molecular weight is 295 g/mol. The molecule has 1 N–H and O–H groups in total. The largest absolute Gasteiger partial charge is 0.497 e. The second-order valence-electron chi connectivity index (χ2n) is 4.53. The summed E-state index contributed by atoms with van der Waals surface area (Å²) in [4.78, 5) is 0. The molecule has 0 aliphatic carbocycles. The quantitative estimate of drug-likeness (QED) is 0.845. The van der Waals surface area contributed by atoms with Gasteiger partial charge in [-0.15, -0.1) is 0 Å². The van der Waals surface area contributed by atoms with Crippen molar-refractivity contribution in [3.63, 3.8) is 0 Å². The van der Waals surface area contributed by atoms with Crippen molar-refractivity contribution in [1.82, 2.24) is 5.32 Å². The van der Waals surface area contributed by atoms with E-state index in [0.717, 1.165) is 18.2 Å². The lowest BCUT2D eigenvalue weighted by Crippen LogP contribution is -2.13. The van der Waals surface area contributed by atoms with Crippen molar-refractivity contribution in [2.24, 2.45) is 0 Å². The van der Waals surface area contributed by atoms with E-state index in [-0.39, 0.29) is 5.56 Å². The second kappa shape index (κ2) is 6.63. The molecular weight excluding hydrogens is 279 g/mol.